The highest BCUT2D eigenvalue weighted by molar-refractivity contribution is 5.85. The quantitative estimate of drug-likeness (QED) is 0.111. The molecule has 1 aliphatic rings. The van der Waals surface area contributed by atoms with Crippen LogP contribution in [0.3, 0.4) is 0 Å². The Morgan fingerprint density at radius 1 is 0.872 bits per heavy atom. The molecule has 4 aromatic rings. The highest BCUT2D eigenvalue weighted by Crippen LogP contribution is 2.28. The number of nitrogens with zero attached hydrogens (tertiary/aromatic N) is 1. The molecule has 2 heterocycles. The number of unbranched alkanes of at least 4 members (excludes halogenated alkanes) is 6. The van der Waals surface area contributed by atoms with Crippen molar-refractivity contribution in [3.63, 3.8) is 0 Å². The first-order valence-corrected chi connectivity index (χ1v) is 16.3. The molecule has 0 saturated carbocycles. The van der Waals surface area contributed by atoms with E-state index in [0.717, 1.165) is 98.6 Å². The number of H-pyrrole nitrogens is 1. The largest absolute Gasteiger partial charge is 0.389 e. The van der Waals surface area contributed by atoms with Crippen molar-refractivity contribution in [3.8, 4) is 11.3 Å². The SMILES string of the molecule is Cc1cc(N2CCOCC2)cc(CCCCCCCCCC(F)(F)F)c1CC(N)=O.Fc1ccc(-c2cc3ccccc3[nH]2)cc1F. The number of halogens is 5. The lowest BCUT2D eigenvalue weighted by atomic mass is 9.93. The van der Waals surface area contributed by atoms with Gasteiger partial charge in [0.15, 0.2) is 11.6 Å². The van der Waals surface area contributed by atoms with Crippen LogP contribution in [-0.2, 0) is 22.4 Å². The summed E-state index contributed by atoms with van der Waals surface area (Å²) in [5.41, 5.74) is 12.3. The van der Waals surface area contributed by atoms with Gasteiger partial charge in [0.2, 0.25) is 5.91 Å². The maximum Gasteiger partial charge on any atom is 0.389 e. The Morgan fingerprint density at radius 3 is 2.21 bits per heavy atom. The third kappa shape index (κ3) is 11.4. The fourth-order valence-electron chi connectivity index (χ4n) is 5.94. The maximum absolute atomic E-state index is 13.1. The number of anilines is 1. The molecule has 0 atom stereocenters. The number of hydrogen-bond donors (Lipinski definition) is 2. The Kier molecular flexibility index (Phi) is 13.2. The molecule has 1 aliphatic heterocycles. The summed E-state index contributed by atoms with van der Waals surface area (Å²) in [6.45, 7) is 5.21. The number of aromatic amines is 1. The third-order valence-corrected chi connectivity index (χ3v) is 8.44. The van der Waals surface area contributed by atoms with Gasteiger partial charge in [-0.1, -0.05) is 50.3 Å². The van der Waals surface area contributed by atoms with Crippen molar-refractivity contribution in [2.75, 3.05) is 31.2 Å². The number of nitrogens with one attached hydrogen (secondary N) is 1. The van der Waals surface area contributed by atoms with Gasteiger partial charge >= 0.3 is 6.18 Å². The van der Waals surface area contributed by atoms with E-state index in [0.29, 0.717) is 12.0 Å². The molecule has 1 aromatic heterocycles. The lowest BCUT2D eigenvalue weighted by Crippen LogP contribution is -2.36. The van der Waals surface area contributed by atoms with Crippen LogP contribution in [0.1, 0.15) is 68.1 Å². The van der Waals surface area contributed by atoms with Crippen molar-refractivity contribution in [2.45, 2.75) is 77.3 Å². The van der Waals surface area contributed by atoms with E-state index >= 15 is 0 Å². The average molecular weight is 658 g/mol. The summed E-state index contributed by atoms with van der Waals surface area (Å²) >= 11 is 0. The summed E-state index contributed by atoms with van der Waals surface area (Å²) in [5.74, 6) is -1.98. The lowest BCUT2D eigenvalue weighted by Gasteiger charge is -2.30. The molecule has 3 N–H and O–H groups in total. The highest BCUT2D eigenvalue weighted by Gasteiger charge is 2.25. The van der Waals surface area contributed by atoms with Crippen molar-refractivity contribution in [3.05, 3.63) is 89.0 Å². The first-order valence-electron chi connectivity index (χ1n) is 16.3. The molecule has 1 fully saturated rings. The summed E-state index contributed by atoms with van der Waals surface area (Å²) < 4.78 is 67.8. The van der Waals surface area contributed by atoms with Gasteiger partial charge in [0.05, 0.1) is 19.6 Å². The van der Waals surface area contributed by atoms with Crippen LogP contribution in [0.15, 0.2) is 60.7 Å². The van der Waals surface area contributed by atoms with Crippen molar-refractivity contribution in [2.24, 2.45) is 5.73 Å². The Balaban J connectivity index is 0.000000246. The number of amides is 1. The zero-order valence-corrected chi connectivity index (χ0v) is 26.9. The highest BCUT2D eigenvalue weighted by atomic mass is 19.4. The van der Waals surface area contributed by atoms with Gasteiger partial charge in [0, 0.05) is 47.4 Å². The zero-order chi connectivity index (χ0) is 33.8. The number of carbonyl (C=O) groups is 1. The van der Waals surface area contributed by atoms with Gasteiger partial charge in [-0.05, 0) is 85.3 Å². The van der Waals surface area contributed by atoms with Crippen molar-refractivity contribution < 1.29 is 31.5 Å². The van der Waals surface area contributed by atoms with E-state index in [1.54, 1.807) is 6.07 Å². The summed E-state index contributed by atoms with van der Waals surface area (Å²) in [4.78, 5) is 17.0. The van der Waals surface area contributed by atoms with E-state index in [2.05, 4.69) is 22.0 Å². The second kappa shape index (κ2) is 17.3. The number of hydrogen-bond acceptors (Lipinski definition) is 3. The van der Waals surface area contributed by atoms with E-state index < -0.39 is 24.2 Å². The van der Waals surface area contributed by atoms with Crippen LogP contribution in [-0.4, -0.2) is 43.4 Å². The number of nitrogens with two attached hydrogens (primary N) is 1. The van der Waals surface area contributed by atoms with Crippen LogP contribution >= 0.6 is 0 Å². The van der Waals surface area contributed by atoms with Crippen LogP contribution in [0.5, 0.6) is 0 Å². The van der Waals surface area contributed by atoms with Gasteiger partial charge in [-0.25, -0.2) is 8.78 Å². The monoisotopic (exact) mass is 657 g/mol. The Morgan fingerprint density at radius 2 is 1.55 bits per heavy atom. The van der Waals surface area contributed by atoms with Crippen molar-refractivity contribution >= 4 is 22.5 Å². The van der Waals surface area contributed by atoms with Gasteiger partial charge in [-0.3, -0.25) is 4.79 Å². The van der Waals surface area contributed by atoms with E-state index in [1.807, 2.05) is 37.3 Å². The smallest absolute Gasteiger partial charge is 0.378 e. The standard InChI is InChI=1S/C23H35F3N2O2.C14H9F2N/c1-18-15-20(28-11-13-30-14-12-28)16-19(21(18)17-22(27)29)9-7-5-3-2-4-6-8-10-23(24,25)26;15-11-6-5-10(7-12(11)16)14-8-9-3-1-2-4-13(9)17-14/h15-16H,2-14,17H2,1H3,(H2,27,29);1-8,17H. The summed E-state index contributed by atoms with van der Waals surface area (Å²) in [6, 6.07) is 17.9. The minimum atomic E-state index is -4.03. The predicted molar refractivity (Wildman–Crippen MR) is 177 cm³/mol. The van der Waals surface area contributed by atoms with Crippen LogP contribution in [0.25, 0.3) is 22.2 Å². The molecular weight excluding hydrogens is 613 g/mol. The molecule has 5 nitrogen and oxygen atoms in total. The number of aryl methyl sites for hydroxylation is 2. The summed E-state index contributed by atoms with van der Waals surface area (Å²) in [7, 11) is 0. The number of fused-ring (bicyclic) bond motifs is 1. The normalized spacial score (nSPS) is 13.4. The van der Waals surface area contributed by atoms with E-state index in [-0.39, 0.29) is 18.7 Å². The molecule has 0 unspecified atom stereocenters. The average Bonchev–Trinajstić information content (AvgIpc) is 3.47. The minimum absolute atomic E-state index is 0.230. The van der Waals surface area contributed by atoms with Crippen LogP contribution < -0.4 is 10.6 Å². The first kappa shape index (κ1) is 35.9. The third-order valence-electron chi connectivity index (χ3n) is 8.44. The zero-order valence-electron chi connectivity index (χ0n) is 26.9. The van der Waals surface area contributed by atoms with Gasteiger partial charge in [-0.2, -0.15) is 13.2 Å². The Hall–Kier alpha value is -3.92. The van der Waals surface area contributed by atoms with Crippen LogP contribution in [0.4, 0.5) is 27.6 Å². The Labute approximate surface area is 273 Å². The molecule has 0 radical (unpaired) electrons. The fourth-order valence-corrected chi connectivity index (χ4v) is 5.94. The molecule has 0 spiro atoms. The van der Waals surface area contributed by atoms with Gasteiger partial charge < -0.3 is 20.4 Å². The molecule has 1 amide bonds. The van der Waals surface area contributed by atoms with Crippen LogP contribution in [0.2, 0.25) is 0 Å². The lowest BCUT2D eigenvalue weighted by molar-refractivity contribution is -0.135. The maximum atomic E-state index is 13.1. The second-order valence-corrected chi connectivity index (χ2v) is 12.1. The van der Waals surface area contributed by atoms with Crippen molar-refractivity contribution in [1.29, 1.82) is 0 Å². The molecule has 0 aliphatic carbocycles. The van der Waals surface area contributed by atoms with E-state index in [9.17, 15) is 26.7 Å². The van der Waals surface area contributed by atoms with Gasteiger partial charge in [0.1, 0.15) is 0 Å². The molecule has 1 saturated heterocycles. The number of alkyl halides is 3. The molecule has 10 heteroatoms. The number of rotatable bonds is 13. The molecule has 47 heavy (non-hydrogen) atoms. The fraction of sp³-hybridized carbons (Fsp3) is 0.432. The van der Waals surface area contributed by atoms with Gasteiger partial charge in [-0.15, -0.1) is 0 Å². The number of benzene rings is 3. The molecule has 0 bridgehead atoms. The molecule has 5 rings (SSSR count). The number of morpholine rings is 1. The summed E-state index contributed by atoms with van der Waals surface area (Å²) in [6.07, 6.45) is 2.20. The van der Waals surface area contributed by atoms with Crippen LogP contribution in [0, 0.1) is 18.6 Å². The Bertz CT molecular complexity index is 1560. The van der Waals surface area contributed by atoms with Crippen molar-refractivity contribution in [1.82, 2.24) is 4.98 Å². The van der Waals surface area contributed by atoms with E-state index in [1.165, 1.54) is 17.3 Å². The minimum Gasteiger partial charge on any atom is -0.378 e. The number of ether oxygens (including phenoxy) is 1. The molecule has 254 valence electrons. The number of aromatic nitrogens is 1. The summed E-state index contributed by atoms with van der Waals surface area (Å²) in [5, 5.41) is 1.05. The molecular formula is C37H44F5N3O2. The number of primary amides is 1. The predicted octanol–water partition coefficient (Wildman–Crippen LogP) is 9.20. The van der Waals surface area contributed by atoms with Gasteiger partial charge in [0.25, 0.3) is 0 Å². The van der Waals surface area contributed by atoms with E-state index in [4.69, 9.17) is 10.5 Å². The topological polar surface area (TPSA) is 71.3 Å². The molecule has 3 aromatic carbocycles. The number of carbonyl (C=O) groups excluding carboxylic acids is 1. The first-order chi connectivity index (χ1) is 22.5. The number of para-hydroxylation sites is 1. The second-order valence-electron chi connectivity index (χ2n) is 12.1.